The van der Waals surface area contributed by atoms with E-state index < -0.39 is 5.97 Å². The molecule has 0 radical (unpaired) electrons. The second kappa shape index (κ2) is 24.1. The Kier molecular flexibility index (Phi) is 30.3. The summed E-state index contributed by atoms with van der Waals surface area (Å²) in [6, 6.07) is 0. The third-order valence-electron chi connectivity index (χ3n) is 3.99. The maximum Gasteiger partial charge on any atom is 2.00 e. The van der Waals surface area contributed by atoms with Crippen LogP contribution in [0, 0.1) is 0 Å². The standard InChI is InChI=1S/C18H36O2.Li.Mg.3H/c1-2-3-4-5-6-7-8-9-10-11-12-13-14-15-16-17-18(19)20;;;;;/h2-17H2,1H3,(H,19,20);;;;;/q;+1;+2;3*-1. The van der Waals surface area contributed by atoms with E-state index in [0.717, 1.165) is 12.8 Å². The van der Waals surface area contributed by atoms with Crippen molar-refractivity contribution in [2.24, 2.45) is 0 Å². The zero-order chi connectivity index (χ0) is 14.9. The third kappa shape index (κ3) is 25.8. The number of aliphatic carboxylic acids is 1. The van der Waals surface area contributed by atoms with E-state index in [2.05, 4.69) is 6.92 Å². The molecule has 0 aliphatic carbocycles. The summed E-state index contributed by atoms with van der Waals surface area (Å²) in [5, 5.41) is 8.52. The molecule has 0 atom stereocenters. The van der Waals surface area contributed by atoms with E-state index in [1.807, 2.05) is 0 Å². The first-order chi connectivity index (χ1) is 9.77. The van der Waals surface area contributed by atoms with Gasteiger partial charge in [0.25, 0.3) is 0 Å². The summed E-state index contributed by atoms with van der Waals surface area (Å²) in [7, 11) is 0. The third-order valence-corrected chi connectivity index (χ3v) is 3.99. The van der Waals surface area contributed by atoms with E-state index in [4.69, 9.17) is 5.11 Å². The van der Waals surface area contributed by atoms with E-state index >= 15 is 0 Å². The molecule has 0 aromatic rings. The fourth-order valence-electron chi connectivity index (χ4n) is 2.65. The van der Waals surface area contributed by atoms with Gasteiger partial charge in [-0.05, 0) is 6.42 Å². The van der Waals surface area contributed by atoms with Gasteiger partial charge in [0.15, 0.2) is 0 Å². The second-order valence-corrected chi connectivity index (χ2v) is 6.09. The van der Waals surface area contributed by atoms with Crippen molar-refractivity contribution in [1.82, 2.24) is 0 Å². The second-order valence-electron chi connectivity index (χ2n) is 6.09. The molecule has 0 spiro atoms. The van der Waals surface area contributed by atoms with Crippen LogP contribution in [0.3, 0.4) is 0 Å². The minimum Gasteiger partial charge on any atom is -1.00 e. The number of carboxylic acids is 1. The molecule has 0 aliphatic rings. The fraction of sp³-hybridized carbons (Fsp3) is 0.944. The average Bonchev–Trinajstić information content (AvgIpc) is 2.43. The van der Waals surface area contributed by atoms with E-state index in [-0.39, 0.29) is 46.2 Å². The van der Waals surface area contributed by atoms with E-state index in [9.17, 15) is 4.79 Å². The van der Waals surface area contributed by atoms with Gasteiger partial charge in [0.05, 0.1) is 0 Å². The Morgan fingerprint density at radius 1 is 0.682 bits per heavy atom. The smallest absolute Gasteiger partial charge is 1.00 e. The molecule has 0 fully saturated rings. The molecule has 0 aromatic carbocycles. The van der Waals surface area contributed by atoms with Gasteiger partial charge in [0.2, 0.25) is 0 Å². The van der Waals surface area contributed by atoms with Gasteiger partial charge in [0.1, 0.15) is 0 Å². The minimum atomic E-state index is -0.653. The van der Waals surface area contributed by atoms with Crippen LogP contribution >= 0.6 is 0 Å². The fourth-order valence-corrected chi connectivity index (χ4v) is 2.65. The van der Waals surface area contributed by atoms with Crippen LogP contribution in [0.5, 0.6) is 0 Å². The molecule has 1 N–H and O–H groups in total. The molecule has 0 aromatic heterocycles. The molecule has 0 amide bonds. The number of carboxylic acid groups (broad SMARTS) is 1. The molecule has 0 saturated heterocycles. The van der Waals surface area contributed by atoms with E-state index in [1.165, 1.54) is 83.5 Å². The molecular weight excluding hydrogens is 279 g/mol. The number of hydrogen-bond acceptors (Lipinski definition) is 1. The summed E-state index contributed by atoms with van der Waals surface area (Å²) in [5.74, 6) is -0.653. The summed E-state index contributed by atoms with van der Waals surface area (Å²) in [6.45, 7) is 2.27. The van der Waals surface area contributed by atoms with Gasteiger partial charge in [-0.2, -0.15) is 0 Å². The van der Waals surface area contributed by atoms with Crippen LogP contribution in [0.15, 0.2) is 0 Å². The molecule has 0 bridgehead atoms. The molecule has 2 nitrogen and oxygen atoms in total. The van der Waals surface area contributed by atoms with Crippen molar-refractivity contribution >= 4 is 29.0 Å². The molecule has 0 heterocycles. The van der Waals surface area contributed by atoms with Crippen molar-refractivity contribution in [2.75, 3.05) is 0 Å². The summed E-state index contributed by atoms with van der Waals surface area (Å²) in [6.07, 6.45) is 20.2. The van der Waals surface area contributed by atoms with Crippen LogP contribution in [0.4, 0.5) is 0 Å². The monoisotopic (exact) mass is 318 g/mol. The average molecular weight is 319 g/mol. The van der Waals surface area contributed by atoms with Crippen LogP contribution in [-0.2, 0) is 4.79 Å². The van der Waals surface area contributed by atoms with Crippen LogP contribution < -0.4 is 18.9 Å². The Bertz CT molecular complexity index is 226. The van der Waals surface area contributed by atoms with Gasteiger partial charge >= 0.3 is 47.9 Å². The van der Waals surface area contributed by atoms with Crippen molar-refractivity contribution in [3.63, 3.8) is 0 Å². The Balaban J connectivity index is -0.000000180. The number of unbranched alkanes of at least 4 members (excludes halogenated alkanes) is 14. The Labute approximate surface area is 171 Å². The first kappa shape index (κ1) is 27.7. The molecule has 126 valence electrons. The van der Waals surface area contributed by atoms with Crippen LogP contribution in [0.2, 0.25) is 0 Å². The predicted molar refractivity (Wildman–Crippen MR) is 96.3 cm³/mol. The molecular formula is C18H39LiMgO2. The summed E-state index contributed by atoms with van der Waals surface area (Å²) in [5.41, 5.74) is 0. The quantitative estimate of drug-likeness (QED) is 0.350. The van der Waals surface area contributed by atoms with E-state index in [0.29, 0.717) is 6.42 Å². The molecule has 0 unspecified atom stereocenters. The van der Waals surface area contributed by atoms with Gasteiger partial charge in [-0.3, -0.25) is 4.79 Å². The predicted octanol–water partition coefficient (Wildman–Crippen LogP) is 3.29. The maximum atomic E-state index is 10.3. The maximum absolute atomic E-state index is 10.3. The molecule has 0 rings (SSSR count). The zero-order valence-corrected chi connectivity index (χ0v) is 16.8. The van der Waals surface area contributed by atoms with Crippen molar-refractivity contribution in [1.29, 1.82) is 0 Å². The normalized spacial score (nSPS) is 9.86. The number of carbonyl (C=O) groups is 1. The molecule has 0 aliphatic heterocycles. The van der Waals surface area contributed by atoms with Gasteiger partial charge in [-0.25, -0.2) is 0 Å². The Morgan fingerprint density at radius 2 is 0.955 bits per heavy atom. The first-order valence-electron chi connectivity index (χ1n) is 8.99. The van der Waals surface area contributed by atoms with Gasteiger partial charge in [0, 0.05) is 6.42 Å². The largest absolute Gasteiger partial charge is 2.00 e. The van der Waals surface area contributed by atoms with Crippen molar-refractivity contribution in [3.8, 4) is 0 Å². The van der Waals surface area contributed by atoms with Gasteiger partial charge in [-0.1, -0.05) is 96.8 Å². The minimum absolute atomic E-state index is 0. The molecule has 0 saturated carbocycles. The number of rotatable bonds is 16. The van der Waals surface area contributed by atoms with Gasteiger partial charge < -0.3 is 9.39 Å². The van der Waals surface area contributed by atoms with Crippen molar-refractivity contribution in [2.45, 2.75) is 110 Å². The Morgan fingerprint density at radius 3 is 1.23 bits per heavy atom. The summed E-state index contributed by atoms with van der Waals surface area (Å²) < 4.78 is 0. The number of hydrogen-bond donors (Lipinski definition) is 1. The Hall–Kier alpha value is 0.834. The first-order valence-corrected chi connectivity index (χ1v) is 8.99. The molecule has 22 heavy (non-hydrogen) atoms. The van der Waals surface area contributed by atoms with E-state index in [1.54, 1.807) is 0 Å². The summed E-state index contributed by atoms with van der Waals surface area (Å²) in [4.78, 5) is 10.3. The molecule has 4 heteroatoms. The van der Waals surface area contributed by atoms with Crippen LogP contribution in [0.25, 0.3) is 0 Å². The summed E-state index contributed by atoms with van der Waals surface area (Å²) >= 11 is 0. The van der Waals surface area contributed by atoms with Gasteiger partial charge in [-0.15, -0.1) is 0 Å². The van der Waals surface area contributed by atoms with Crippen molar-refractivity contribution in [3.05, 3.63) is 0 Å². The zero-order valence-electron chi connectivity index (χ0n) is 18.4. The topological polar surface area (TPSA) is 37.3 Å². The van der Waals surface area contributed by atoms with Crippen LogP contribution in [0.1, 0.15) is 114 Å². The van der Waals surface area contributed by atoms with Crippen LogP contribution in [-0.4, -0.2) is 34.1 Å². The SMILES string of the molecule is CCCCCCCCCCCCCCCCCC(=O)O.[H-].[H-].[H-].[Li+].[Mg+2]. The van der Waals surface area contributed by atoms with Crippen molar-refractivity contribution < 1.29 is 33.0 Å².